The Morgan fingerprint density at radius 1 is 1.13 bits per heavy atom. The van der Waals surface area contributed by atoms with Crippen molar-refractivity contribution in [3.05, 3.63) is 89.4 Å². The van der Waals surface area contributed by atoms with Crippen LogP contribution >= 0.6 is 0 Å². The summed E-state index contributed by atoms with van der Waals surface area (Å²) in [6, 6.07) is 12.4. The molecule has 0 bridgehead atoms. The third kappa shape index (κ3) is 4.82. The maximum atomic E-state index is 12.6. The van der Waals surface area contributed by atoms with E-state index in [4.69, 9.17) is 0 Å². The van der Waals surface area contributed by atoms with E-state index in [1.165, 1.54) is 66.6 Å². The molecule has 0 radical (unpaired) electrons. The molecule has 2 aromatic carbocycles. The van der Waals surface area contributed by atoms with Crippen LogP contribution in [-0.4, -0.2) is 18.0 Å². The van der Waals surface area contributed by atoms with E-state index in [0.29, 0.717) is 5.70 Å². The molecule has 0 aromatic heterocycles. The summed E-state index contributed by atoms with van der Waals surface area (Å²) in [5.41, 5.74) is 6.89. The molecule has 0 spiro atoms. The van der Waals surface area contributed by atoms with Crippen molar-refractivity contribution in [1.29, 1.82) is 0 Å². The van der Waals surface area contributed by atoms with Gasteiger partial charge in [-0.15, -0.1) is 0 Å². The van der Waals surface area contributed by atoms with E-state index in [1.54, 1.807) is 12.1 Å². The number of benzene rings is 2. The summed E-state index contributed by atoms with van der Waals surface area (Å²) in [6.07, 6.45) is 7.03. The van der Waals surface area contributed by atoms with Crippen LogP contribution in [0.15, 0.2) is 61.3 Å². The summed E-state index contributed by atoms with van der Waals surface area (Å²) in [7, 11) is 2.12. The molecule has 3 aliphatic rings. The molecule has 2 aromatic rings. The van der Waals surface area contributed by atoms with Gasteiger partial charge in [-0.25, -0.2) is 9.18 Å². The molecule has 162 valence electrons. The Hall–Kier alpha value is -3.08. The number of halogens is 1. The van der Waals surface area contributed by atoms with Crippen molar-refractivity contribution in [2.24, 2.45) is 5.92 Å². The fourth-order valence-electron chi connectivity index (χ4n) is 4.34. The van der Waals surface area contributed by atoms with Gasteiger partial charge in [0.2, 0.25) is 0 Å². The zero-order chi connectivity index (χ0) is 22.0. The number of amides is 2. The first kappa shape index (κ1) is 21.2. The van der Waals surface area contributed by atoms with Gasteiger partial charge in [0, 0.05) is 30.5 Å². The summed E-state index contributed by atoms with van der Waals surface area (Å²) >= 11 is 0. The van der Waals surface area contributed by atoms with E-state index in [1.807, 2.05) is 0 Å². The number of urea groups is 1. The molecule has 31 heavy (non-hydrogen) atoms. The second-order valence-electron chi connectivity index (χ2n) is 8.74. The Balaban J connectivity index is 0.000000152. The number of aryl methyl sites for hydroxylation is 1. The molecule has 5 heteroatoms. The molecule has 2 N–H and O–H groups in total. The normalized spacial score (nSPS) is 19.9. The molecule has 1 aliphatic carbocycles. The molecular weight excluding hydrogens is 389 g/mol. The number of nitrogens with one attached hydrogen (secondary N) is 2. The van der Waals surface area contributed by atoms with E-state index < -0.39 is 0 Å². The first-order valence-electron chi connectivity index (χ1n) is 10.9. The molecule has 5 rings (SSSR count). The van der Waals surface area contributed by atoms with Crippen molar-refractivity contribution >= 4 is 11.7 Å². The second kappa shape index (κ2) is 8.96. The molecule has 2 amide bonds. The molecule has 2 fully saturated rings. The highest BCUT2D eigenvalue weighted by Crippen LogP contribution is 2.33. The number of hydrogen-bond donors (Lipinski definition) is 2. The zero-order valence-electron chi connectivity index (χ0n) is 18.1. The van der Waals surface area contributed by atoms with Gasteiger partial charge in [-0.3, -0.25) is 0 Å². The highest BCUT2D eigenvalue weighted by Gasteiger charge is 2.25. The number of rotatable bonds is 4. The van der Waals surface area contributed by atoms with Crippen LogP contribution in [0.2, 0.25) is 0 Å². The lowest BCUT2D eigenvalue weighted by Gasteiger charge is -2.25. The van der Waals surface area contributed by atoms with Crippen molar-refractivity contribution in [1.82, 2.24) is 15.5 Å². The van der Waals surface area contributed by atoms with Crippen LogP contribution in [-0.2, 0) is 13.0 Å². The third-order valence-electron chi connectivity index (χ3n) is 6.52. The maximum absolute atomic E-state index is 12.6. The van der Waals surface area contributed by atoms with Crippen LogP contribution in [0, 0.1) is 11.7 Å². The molecule has 1 unspecified atom stereocenters. The van der Waals surface area contributed by atoms with Crippen molar-refractivity contribution < 1.29 is 9.18 Å². The van der Waals surface area contributed by atoms with Crippen LogP contribution < -0.4 is 10.6 Å². The lowest BCUT2D eigenvalue weighted by Crippen LogP contribution is -2.21. The summed E-state index contributed by atoms with van der Waals surface area (Å²) in [6.45, 7) is 8.86. The van der Waals surface area contributed by atoms with Gasteiger partial charge in [0.15, 0.2) is 0 Å². The van der Waals surface area contributed by atoms with Gasteiger partial charge in [-0.2, -0.15) is 0 Å². The Bertz CT molecular complexity index is 994. The van der Waals surface area contributed by atoms with E-state index >= 15 is 0 Å². The maximum Gasteiger partial charge on any atom is 0.319 e. The molecule has 1 saturated heterocycles. The Morgan fingerprint density at radius 2 is 1.87 bits per heavy atom. The fraction of sp³-hybridized carbons (Fsp3) is 0.346. The van der Waals surface area contributed by atoms with Crippen LogP contribution in [0.4, 0.5) is 9.18 Å². The number of carbonyl (C=O) groups excluding carboxylic acids is 1. The molecule has 4 nitrogen and oxygen atoms in total. The first-order chi connectivity index (χ1) is 14.9. The van der Waals surface area contributed by atoms with Gasteiger partial charge in [0.1, 0.15) is 5.82 Å². The third-order valence-corrected chi connectivity index (χ3v) is 6.52. The quantitative estimate of drug-likeness (QED) is 0.684. The van der Waals surface area contributed by atoms with Crippen molar-refractivity contribution in [3.63, 3.8) is 0 Å². The highest BCUT2D eigenvalue weighted by atomic mass is 19.1. The molecule has 2 heterocycles. The van der Waals surface area contributed by atoms with Gasteiger partial charge in [-0.05, 0) is 47.6 Å². The van der Waals surface area contributed by atoms with Gasteiger partial charge in [-0.1, -0.05) is 62.8 Å². The van der Waals surface area contributed by atoms with Gasteiger partial charge < -0.3 is 15.5 Å². The predicted molar refractivity (Wildman–Crippen MR) is 123 cm³/mol. The number of carbonyl (C=O) groups is 1. The average molecular weight is 420 g/mol. The minimum absolute atomic E-state index is 0.261. The highest BCUT2D eigenvalue weighted by molar-refractivity contribution is 5.80. The van der Waals surface area contributed by atoms with Crippen LogP contribution in [0.3, 0.4) is 0 Å². The van der Waals surface area contributed by atoms with E-state index in [2.05, 4.69) is 53.9 Å². The predicted octanol–water partition coefficient (Wildman–Crippen LogP) is 5.53. The summed E-state index contributed by atoms with van der Waals surface area (Å²) in [5, 5.41) is 5.21. The van der Waals surface area contributed by atoms with E-state index in [0.717, 1.165) is 18.0 Å². The Labute approximate surface area is 183 Å². The summed E-state index contributed by atoms with van der Waals surface area (Å²) in [5.74, 6) is 0.720. The number of nitrogens with zero attached hydrogens (tertiary/aromatic N) is 1. The average Bonchev–Trinajstić information content (AvgIpc) is 3.19. The lowest BCUT2D eigenvalue weighted by molar-refractivity contribution is 0.247. The van der Waals surface area contributed by atoms with Crippen molar-refractivity contribution in [2.45, 2.75) is 44.7 Å². The van der Waals surface area contributed by atoms with Gasteiger partial charge in [0.25, 0.3) is 0 Å². The zero-order valence-corrected chi connectivity index (χ0v) is 18.1. The van der Waals surface area contributed by atoms with Gasteiger partial charge in [0.05, 0.1) is 6.04 Å². The topological polar surface area (TPSA) is 44.4 Å². The van der Waals surface area contributed by atoms with Crippen molar-refractivity contribution in [3.8, 4) is 0 Å². The Kier molecular flexibility index (Phi) is 6.12. The van der Waals surface area contributed by atoms with E-state index in [-0.39, 0.29) is 17.9 Å². The lowest BCUT2D eigenvalue weighted by atomic mass is 9.81. The van der Waals surface area contributed by atoms with Gasteiger partial charge >= 0.3 is 6.03 Å². The van der Waals surface area contributed by atoms with Crippen LogP contribution in [0.25, 0.3) is 5.70 Å². The van der Waals surface area contributed by atoms with Crippen molar-refractivity contribution in [2.75, 3.05) is 7.05 Å². The fourth-order valence-corrected chi connectivity index (χ4v) is 4.34. The number of hydrogen-bond acceptors (Lipinski definition) is 2. The summed E-state index contributed by atoms with van der Waals surface area (Å²) in [4.78, 5) is 13.2. The largest absolute Gasteiger partial charge is 0.370 e. The molecular formula is C26H30FN3O. The second-order valence-corrected chi connectivity index (χ2v) is 8.74. The smallest absolute Gasteiger partial charge is 0.319 e. The molecule has 2 aliphatic heterocycles. The monoisotopic (exact) mass is 419 g/mol. The summed E-state index contributed by atoms with van der Waals surface area (Å²) < 4.78 is 12.6. The van der Waals surface area contributed by atoms with Crippen LogP contribution in [0.5, 0.6) is 0 Å². The molecule has 1 saturated carbocycles. The first-order valence-corrected chi connectivity index (χ1v) is 10.9. The SMILES string of the molecule is C=C1NC(=O)NC1c1ccc(F)cc1.C=C1c2ccc(CCC3CCC3)cc2CN1C. The number of fused-ring (bicyclic) bond motifs is 1. The minimum Gasteiger partial charge on any atom is -0.370 e. The molecule has 1 atom stereocenters. The Morgan fingerprint density at radius 3 is 2.48 bits per heavy atom. The minimum atomic E-state index is -0.295. The van der Waals surface area contributed by atoms with E-state index in [9.17, 15) is 9.18 Å². The van der Waals surface area contributed by atoms with Crippen LogP contribution in [0.1, 0.15) is 54.0 Å². The standard InChI is InChI=1S/C16H21N.C10H9FN2O/c1-12-16-9-8-14(7-6-13-4-3-5-13)10-15(16)11-17(12)2;1-6-9(13-10(14)12-6)7-2-4-8(11)5-3-7/h8-10,13H,1,3-7,11H2,2H3;2-5,9H,1H2,(H2,12,13,14).